The van der Waals surface area contributed by atoms with E-state index in [1.807, 2.05) is 20.8 Å². The van der Waals surface area contributed by atoms with Gasteiger partial charge in [-0.1, -0.05) is 20.8 Å². The van der Waals surface area contributed by atoms with Crippen LogP contribution < -0.4 is 10.3 Å². The third-order valence-electron chi connectivity index (χ3n) is 5.00. The number of carbonyl (C=O) groups is 1. The molecule has 1 aliphatic rings. The number of hydrogen-bond donors (Lipinski definition) is 1. The predicted molar refractivity (Wildman–Crippen MR) is 110 cm³/mol. The number of nitrogens with zero attached hydrogens (tertiary/aromatic N) is 2. The average molecular weight is 420 g/mol. The van der Waals surface area contributed by atoms with Gasteiger partial charge in [0.1, 0.15) is 5.75 Å². The van der Waals surface area contributed by atoms with Gasteiger partial charge in [0.25, 0.3) is 11.5 Å². The number of H-pyrrole nitrogens is 1. The van der Waals surface area contributed by atoms with Crippen LogP contribution in [0.3, 0.4) is 0 Å². The second kappa shape index (κ2) is 7.31. The highest BCUT2D eigenvalue weighted by atomic mass is 32.2. The summed E-state index contributed by atoms with van der Waals surface area (Å²) in [6, 6.07) is 6.53. The molecule has 0 spiro atoms. The van der Waals surface area contributed by atoms with Gasteiger partial charge in [-0.3, -0.25) is 9.59 Å². The Morgan fingerprint density at radius 2 is 1.86 bits per heavy atom. The highest BCUT2D eigenvalue weighted by Crippen LogP contribution is 2.37. The Balaban J connectivity index is 2.30. The maximum Gasteiger partial charge on any atom is 0.306 e. The van der Waals surface area contributed by atoms with Gasteiger partial charge in [-0.05, 0) is 29.7 Å². The number of aromatic nitrogens is 1. The Hall–Kier alpha value is -2.65. The molecule has 0 radical (unpaired) electrons. The standard InChI is InChI=1S/C20H25N3O5S/c1-20(2,3)16-11-14(13-7-6-8-21-18(13)24)15(12-17(16)28-5)19(25)23-10-9-22(4)29(23,26)27/h6-8,11-12H,9-10H2,1-5H3,(H,21,24). The van der Waals surface area contributed by atoms with E-state index in [9.17, 15) is 18.0 Å². The van der Waals surface area contributed by atoms with Gasteiger partial charge in [-0.2, -0.15) is 12.7 Å². The van der Waals surface area contributed by atoms with Gasteiger partial charge in [0.05, 0.1) is 19.2 Å². The van der Waals surface area contributed by atoms with E-state index in [1.165, 1.54) is 26.4 Å². The van der Waals surface area contributed by atoms with Crippen LogP contribution in [0.2, 0.25) is 0 Å². The van der Waals surface area contributed by atoms with Crippen LogP contribution in [-0.2, 0) is 15.6 Å². The summed E-state index contributed by atoms with van der Waals surface area (Å²) in [5.74, 6) is -0.228. The lowest BCUT2D eigenvalue weighted by Crippen LogP contribution is -2.36. The normalized spacial score (nSPS) is 16.8. The molecule has 1 aromatic heterocycles. The van der Waals surface area contributed by atoms with E-state index in [1.54, 1.807) is 18.2 Å². The van der Waals surface area contributed by atoms with Gasteiger partial charge in [0, 0.05) is 36.5 Å². The fraction of sp³-hybridized carbons (Fsp3) is 0.400. The van der Waals surface area contributed by atoms with Gasteiger partial charge in [-0.25, -0.2) is 4.31 Å². The third-order valence-corrected chi connectivity index (χ3v) is 6.88. The molecular weight excluding hydrogens is 394 g/mol. The van der Waals surface area contributed by atoms with Crippen LogP contribution in [0.15, 0.2) is 35.3 Å². The first kappa shape index (κ1) is 21.1. The fourth-order valence-corrected chi connectivity index (χ4v) is 4.61. The number of nitrogens with one attached hydrogen (secondary N) is 1. The van der Waals surface area contributed by atoms with Crippen LogP contribution >= 0.6 is 0 Å². The molecule has 1 amide bonds. The van der Waals surface area contributed by atoms with Crippen molar-refractivity contribution in [2.24, 2.45) is 0 Å². The van der Waals surface area contributed by atoms with Gasteiger partial charge >= 0.3 is 10.2 Å². The lowest BCUT2D eigenvalue weighted by Gasteiger charge is -2.25. The molecule has 0 aliphatic carbocycles. The lowest BCUT2D eigenvalue weighted by molar-refractivity contribution is 0.0872. The van der Waals surface area contributed by atoms with Crippen molar-refractivity contribution in [3.63, 3.8) is 0 Å². The largest absolute Gasteiger partial charge is 0.496 e. The molecule has 156 valence electrons. The number of hydrogen-bond acceptors (Lipinski definition) is 5. The van der Waals surface area contributed by atoms with E-state index in [2.05, 4.69) is 4.98 Å². The van der Waals surface area contributed by atoms with Crippen molar-refractivity contribution in [3.05, 3.63) is 51.9 Å². The van der Waals surface area contributed by atoms with Crippen LogP contribution in [-0.4, -0.2) is 55.2 Å². The zero-order valence-corrected chi connectivity index (χ0v) is 18.0. The number of ether oxygens (including phenoxy) is 1. The smallest absolute Gasteiger partial charge is 0.306 e. The molecule has 1 saturated heterocycles. The molecule has 1 N–H and O–H groups in total. The summed E-state index contributed by atoms with van der Waals surface area (Å²) in [6.45, 7) is 6.24. The van der Waals surface area contributed by atoms with Crippen molar-refractivity contribution in [2.45, 2.75) is 26.2 Å². The lowest BCUT2D eigenvalue weighted by atomic mass is 9.83. The summed E-state index contributed by atoms with van der Waals surface area (Å²) >= 11 is 0. The minimum Gasteiger partial charge on any atom is -0.496 e. The quantitative estimate of drug-likeness (QED) is 0.820. The summed E-state index contributed by atoms with van der Waals surface area (Å²) in [4.78, 5) is 28.4. The van der Waals surface area contributed by atoms with Crippen LogP contribution in [0.5, 0.6) is 5.75 Å². The van der Waals surface area contributed by atoms with Gasteiger partial charge in [-0.15, -0.1) is 0 Å². The van der Waals surface area contributed by atoms with E-state index < -0.39 is 16.1 Å². The van der Waals surface area contributed by atoms with Gasteiger partial charge in [0.2, 0.25) is 0 Å². The number of pyridine rings is 1. The molecule has 2 aromatic rings. The molecule has 0 bridgehead atoms. The highest BCUT2D eigenvalue weighted by molar-refractivity contribution is 7.87. The first-order valence-corrected chi connectivity index (χ1v) is 10.6. The average Bonchev–Trinajstić information content (AvgIpc) is 2.92. The summed E-state index contributed by atoms with van der Waals surface area (Å²) < 4.78 is 32.5. The SMILES string of the molecule is COc1cc(C(=O)N2CCN(C)S2(=O)=O)c(-c2ccc[nH]c2=O)cc1C(C)(C)C. The van der Waals surface area contributed by atoms with Crippen LogP contribution in [0.25, 0.3) is 11.1 Å². The van der Waals surface area contributed by atoms with E-state index in [-0.39, 0.29) is 35.2 Å². The van der Waals surface area contributed by atoms with Crippen molar-refractivity contribution >= 4 is 16.1 Å². The molecule has 8 nitrogen and oxygen atoms in total. The van der Waals surface area contributed by atoms with Crippen LogP contribution in [0.4, 0.5) is 0 Å². The highest BCUT2D eigenvalue weighted by Gasteiger charge is 2.39. The summed E-state index contributed by atoms with van der Waals surface area (Å²) in [6.07, 6.45) is 1.50. The minimum atomic E-state index is -3.89. The Kier molecular flexibility index (Phi) is 5.31. The number of methoxy groups -OCH3 is 1. The summed E-state index contributed by atoms with van der Waals surface area (Å²) in [5.41, 5.74) is 0.860. The molecule has 1 fully saturated rings. The Morgan fingerprint density at radius 3 is 2.38 bits per heavy atom. The summed E-state index contributed by atoms with van der Waals surface area (Å²) in [7, 11) is -0.970. The fourth-order valence-electron chi connectivity index (χ4n) is 3.34. The Labute approximate surface area is 170 Å². The van der Waals surface area contributed by atoms with Crippen molar-refractivity contribution < 1.29 is 17.9 Å². The minimum absolute atomic E-state index is 0.0472. The molecule has 0 atom stereocenters. The zero-order chi connectivity index (χ0) is 21.6. The predicted octanol–water partition coefficient (Wildman–Crippen LogP) is 1.98. The molecule has 1 aliphatic heterocycles. The second-order valence-corrected chi connectivity index (χ2v) is 9.93. The van der Waals surface area contributed by atoms with E-state index in [0.717, 1.165) is 14.2 Å². The summed E-state index contributed by atoms with van der Waals surface area (Å²) in [5, 5.41) is 0. The van der Waals surface area contributed by atoms with E-state index >= 15 is 0 Å². The molecular formula is C20H25N3O5S. The van der Waals surface area contributed by atoms with Crippen molar-refractivity contribution in [3.8, 4) is 16.9 Å². The Morgan fingerprint density at radius 1 is 1.17 bits per heavy atom. The maximum absolute atomic E-state index is 13.3. The number of benzene rings is 1. The van der Waals surface area contributed by atoms with Crippen molar-refractivity contribution in [1.29, 1.82) is 0 Å². The van der Waals surface area contributed by atoms with Crippen LogP contribution in [0.1, 0.15) is 36.7 Å². The topological polar surface area (TPSA) is 99.8 Å². The molecule has 2 heterocycles. The zero-order valence-electron chi connectivity index (χ0n) is 17.1. The first-order valence-electron chi connectivity index (χ1n) is 9.17. The first-order chi connectivity index (χ1) is 13.5. The van der Waals surface area contributed by atoms with Crippen molar-refractivity contribution in [2.75, 3.05) is 27.2 Å². The monoisotopic (exact) mass is 419 g/mol. The Bertz CT molecular complexity index is 1120. The van der Waals surface area contributed by atoms with Gasteiger partial charge in [0.15, 0.2) is 0 Å². The van der Waals surface area contributed by atoms with E-state index in [4.69, 9.17) is 4.74 Å². The molecule has 3 rings (SSSR count). The third kappa shape index (κ3) is 3.67. The molecule has 1 aromatic carbocycles. The number of likely N-dealkylation sites (N-methyl/N-ethyl adjacent to an activating group) is 1. The maximum atomic E-state index is 13.3. The van der Waals surface area contributed by atoms with Gasteiger partial charge < -0.3 is 9.72 Å². The number of amides is 1. The van der Waals surface area contributed by atoms with E-state index in [0.29, 0.717) is 11.3 Å². The molecule has 9 heteroatoms. The number of rotatable bonds is 3. The molecule has 29 heavy (non-hydrogen) atoms. The van der Waals surface area contributed by atoms with Crippen LogP contribution in [0, 0.1) is 0 Å². The number of aromatic amines is 1. The van der Waals surface area contributed by atoms with Crippen molar-refractivity contribution in [1.82, 2.24) is 13.6 Å². The molecule has 0 saturated carbocycles. The second-order valence-electron chi connectivity index (χ2n) is 7.97. The number of carbonyl (C=O) groups excluding carboxylic acids is 1. The molecule has 0 unspecified atom stereocenters.